The zero-order valence-electron chi connectivity index (χ0n) is 8.98. The largest absolute Gasteiger partial charge is 0.458 e. The lowest BCUT2D eigenvalue weighted by molar-refractivity contribution is 0.0963. The summed E-state index contributed by atoms with van der Waals surface area (Å²) >= 11 is 0. The maximum atomic E-state index is 11.6. The number of Topliss-reactive ketones (excluding diaryl/α,β-unsaturated/α-hetero) is 1. The van der Waals surface area contributed by atoms with Crippen molar-refractivity contribution in [3.63, 3.8) is 0 Å². The molecule has 1 rings (SSSR count). The topological polar surface area (TPSA) is 64.3 Å². The Morgan fingerprint density at radius 1 is 1.47 bits per heavy atom. The third kappa shape index (κ3) is 2.68. The van der Waals surface area contributed by atoms with E-state index < -0.39 is 20.9 Å². The second-order valence-electron chi connectivity index (χ2n) is 3.46. The second kappa shape index (κ2) is 4.18. The molecule has 1 unspecified atom stereocenters. The maximum Gasteiger partial charge on any atom is 0.215 e. The average Bonchev–Trinajstić information content (AvgIpc) is 2.62. The zero-order valence-corrected chi connectivity index (χ0v) is 9.80. The van der Waals surface area contributed by atoms with Gasteiger partial charge in [-0.3, -0.25) is 4.79 Å². The van der Waals surface area contributed by atoms with E-state index >= 15 is 0 Å². The minimum absolute atomic E-state index is 0.116. The molecule has 1 aromatic heterocycles. The molecule has 0 spiro atoms. The summed E-state index contributed by atoms with van der Waals surface area (Å²) < 4.78 is 27.5. The Labute approximate surface area is 89.2 Å². The molecule has 1 heterocycles. The standard InChI is InChI=1S/C10H14O4S/c1-4-8-5-6-9(14-8)10(11)7(2)15(3,12)13/h5-7H,4H2,1-3H3. The van der Waals surface area contributed by atoms with Crippen LogP contribution in [0.15, 0.2) is 16.5 Å². The normalized spacial score (nSPS) is 13.8. The van der Waals surface area contributed by atoms with Gasteiger partial charge in [0, 0.05) is 12.7 Å². The van der Waals surface area contributed by atoms with Gasteiger partial charge in [-0.25, -0.2) is 8.42 Å². The Morgan fingerprint density at radius 2 is 2.07 bits per heavy atom. The summed E-state index contributed by atoms with van der Waals surface area (Å²) in [6, 6.07) is 3.20. The molecule has 0 saturated heterocycles. The number of hydrogen-bond donors (Lipinski definition) is 0. The van der Waals surface area contributed by atoms with E-state index in [2.05, 4.69) is 0 Å². The Kier molecular flexibility index (Phi) is 3.34. The van der Waals surface area contributed by atoms with Crippen LogP contribution in [0.5, 0.6) is 0 Å². The summed E-state index contributed by atoms with van der Waals surface area (Å²) in [5.41, 5.74) is 0. The number of furan rings is 1. The van der Waals surface area contributed by atoms with Gasteiger partial charge >= 0.3 is 0 Å². The van der Waals surface area contributed by atoms with Crippen molar-refractivity contribution in [1.29, 1.82) is 0 Å². The summed E-state index contributed by atoms with van der Waals surface area (Å²) in [4.78, 5) is 11.6. The van der Waals surface area contributed by atoms with Crippen LogP contribution >= 0.6 is 0 Å². The third-order valence-corrected chi connectivity index (χ3v) is 3.76. The van der Waals surface area contributed by atoms with E-state index in [1.807, 2.05) is 6.92 Å². The molecule has 1 aromatic rings. The summed E-state index contributed by atoms with van der Waals surface area (Å²) in [7, 11) is -3.36. The molecule has 1 atom stereocenters. The van der Waals surface area contributed by atoms with Crippen LogP contribution in [0, 0.1) is 0 Å². The molecule has 4 nitrogen and oxygen atoms in total. The molecule has 5 heteroatoms. The lowest BCUT2D eigenvalue weighted by atomic mass is 10.2. The molecule has 0 saturated carbocycles. The molecule has 0 aliphatic carbocycles. The van der Waals surface area contributed by atoms with Crippen LogP contribution in [-0.2, 0) is 16.3 Å². The number of carbonyl (C=O) groups excluding carboxylic acids is 1. The number of ketones is 1. The predicted octanol–water partition coefficient (Wildman–Crippen LogP) is 1.46. The Bertz CT molecular complexity index is 456. The van der Waals surface area contributed by atoms with Gasteiger partial charge in [0.1, 0.15) is 11.0 Å². The van der Waals surface area contributed by atoms with Gasteiger partial charge in [-0.1, -0.05) is 6.92 Å². The van der Waals surface area contributed by atoms with Crippen molar-refractivity contribution in [2.75, 3.05) is 6.26 Å². The molecular formula is C10H14O4S. The number of rotatable bonds is 4. The quantitative estimate of drug-likeness (QED) is 0.734. The molecule has 0 amide bonds. The van der Waals surface area contributed by atoms with Crippen LogP contribution in [-0.4, -0.2) is 25.7 Å². The lowest BCUT2D eigenvalue weighted by Crippen LogP contribution is -2.25. The first-order valence-electron chi connectivity index (χ1n) is 4.68. The Balaban J connectivity index is 2.95. The summed E-state index contributed by atoms with van der Waals surface area (Å²) in [6.45, 7) is 3.26. The van der Waals surface area contributed by atoms with Crippen LogP contribution in [0.4, 0.5) is 0 Å². The molecule has 15 heavy (non-hydrogen) atoms. The Hall–Kier alpha value is -1.10. The van der Waals surface area contributed by atoms with E-state index in [4.69, 9.17) is 4.42 Å². The zero-order chi connectivity index (χ0) is 11.6. The average molecular weight is 230 g/mol. The SMILES string of the molecule is CCc1ccc(C(=O)C(C)S(C)(=O)=O)o1. The fourth-order valence-corrected chi connectivity index (χ4v) is 1.60. The summed E-state index contributed by atoms with van der Waals surface area (Å²) in [6.07, 6.45) is 1.72. The van der Waals surface area contributed by atoms with Crippen molar-refractivity contribution in [1.82, 2.24) is 0 Å². The highest BCUT2D eigenvalue weighted by Crippen LogP contribution is 2.13. The van der Waals surface area contributed by atoms with Gasteiger partial charge in [-0.2, -0.15) is 0 Å². The summed E-state index contributed by atoms with van der Waals surface area (Å²) in [5.74, 6) is 0.307. The molecule has 0 bridgehead atoms. The number of sulfone groups is 1. The van der Waals surface area contributed by atoms with Gasteiger partial charge in [-0.05, 0) is 19.1 Å². The predicted molar refractivity (Wildman–Crippen MR) is 56.7 cm³/mol. The van der Waals surface area contributed by atoms with Gasteiger partial charge in [-0.15, -0.1) is 0 Å². The first-order valence-corrected chi connectivity index (χ1v) is 6.63. The maximum absolute atomic E-state index is 11.6. The fraction of sp³-hybridized carbons (Fsp3) is 0.500. The van der Waals surface area contributed by atoms with Gasteiger partial charge in [0.05, 0.1) is 0 Å². The highest BCUT2D eigenvalue weighted by Gasteiger charge is 2.26. The molecule has 84 valence electrons. The highest BCUT2D eigenvalue weighted by atomic mass is 32.2. The second-order valence-corrected chi connectivity index (χ2v) is 5.82. The van der Waals surface area contributed by atoms with Crippen molar-refractivity contribution in [3.8, 4) is 0 Å². The smallest absolute Gasteiger partial charge is 0.215 e. The van der Waals surface area contributed by atoms with E-state index in [1.54, 1.807) is 6.07 Å². The van der Waals surface area contributed by atoms with Crippen LogP contribution < -0.4 is 0 Å². The van der Waals surface area contributed by atoms with Crippen LogP contribution in [0.1, 0.15) is 30.2 Å². The number of carbonyl (C=O) groups is 1. The van der Waals surface area contributed by atoms with Gasteiger partial charge in [0.15, 0.2) is 15.6 Å². The first kappa shape index (κ1) is 12.0. The fourth-order valence-electron chi connectivity index (χ4n) is 1.10. The number of aryl methyl sites for hydroxylation is 1. The lowest BCUT2D eigenvalue weighted by Gasteiger charge is -2.05. The Morgan fingerprint density at radius 3 is 2.47 bits per heavy atom. The molecule has 0 aliphatic heterocycles. The molecule has 0 radical (unpaired) electrons. The molecule has 0 fully saturated rings. The monoisotopic (exact) mass is 230 g/mol. The minimum atomic E-state index is -3.36. The van der Waals surface area contributed by atoms with Crippen LogP contribution in [0.2, 0.25) is 0 Å². The van der Waals surface area contributed by atoms with Gasteiger partial charge < -0.3 is 4.42 Å². The van der Waals surface area contributed by atoms with E-state index in [0.717, 1.165) is 6.26 Å². The number of hydrogen-bond acceptors (Lipinski definition) is 4. The molecule has 0 N–H and O–H groups in total. The van der Waals surface area contributed by atoms with Crippen molar-refractivity contribution in [2.45, 2.75) is 25.5 Å². The van der Waals surface area contributed by atoms with Crippen molar-refractivity contribution in [2.24, 2.45) is 0 Å². The van der Waals surface area contributed by atoms with Crippen LogP contribution in [0.3, 0.4) is 0 Å². The van der Waals surface area contributed by atoms with Gasteiger partial charge in [0.2, 0.25) is 5.78 Å². The third-order valence-electron chi connectivity index (χ3n) is 2.26. The van der Waals surface area contributed by atoms with E-state index in [0.29, 0.717) is 12.2 Å². The first-order chi connectivity index (χ1) is 6.86. The molecule has 0 aliphatic rings. The minimum Gasteiger partial charge on any atom is -0.458 e. The van der Waals surface area contributed by atoms with Crippen molar-refractivity contribution >= 4 is 15.6 Å². The van der Waals surface area contributed by atoms with E-state index in [1.165, 1.54) is 13.0 Å². The highest BCUT2D eigenvalue weighted by molar-refractivity contribution is 7.92. The molecule has 0 aromatic carbocycles. The molecular weight excluding hydrogens is 216 g/mol. The van der Waals surface area contributed by atoms with Crippen molar-refractivity contribution in [3.05, 3.63) is 23.7 Å². The van der Waals surface area contributed by atoms with E-state index in [9.17, 15) is 13.2 Å². The van der Waals surface area contributed by atoms with E-state index in [-0.39, 0.29) is 5.76 Å². The van der Waals surface area contributed by atoms with Crippen molar-refractivity contribution < 1.29 is 17.6 Å². The van der Waals surface area contributed by atoms with Crippen LogP contribution in [0.25, 0.3) is 0 Å². The van der Waals surface area contributed by atoms with Gasteiger partial charge in [0.25, 0.3) is 0 Å². The summed E-state index contributed by atoms with van der Waals surface area (Å²) in [5, 5.41) is -1.05.